The Morgan fingerprint density at radius 1 is 1.27 bits per heavy atom. The number of ether oxygens (including phenoxy) is 1. The topological polar surface area (TPSA) is 50.4 Å². The minimum absolute atomic E-state index is 0.201. The van der Waals surface area contributed by atoms with Crippen molar-refractivity contribution in [2.75, 3.05) is 13.1 Å². The van der Waals surface area contributed by atoms with E-state index in [1.165, 1.54) is 0 Å². The number of carbonyl (C=O) groups is 1. The summed E-state index contributed by atoms with van der Waals surface area (Å²) in [5, 5.41) is 6.11. The first-order valence-electron chi connectivity index (χ1n) is 5.42. The highest BCUT2D eigenvalue weighted by Gasteiger charge is 2.36. The molecule has 1 aliphatic heterocycles. The van der Waals surface area contributed by atoms with E-state index in [0.717, 1.165) is 13.1 Å². The Bertz CT molecular complexity index is 239. The van der Waals surface area contributed by atoms with Gasteiger partial charge in [-0.15, -0.1) is 0 Å². The molecule has 0 aromatic carbocycles. The quantitative estimate of drug-likeness (QED) is 0.732. The highest BCUT2D eigenvalue weighted by Crippen LogP contribution is 2.21. The normalized spacial score (nSPS) is 18.2. The van der Waals surface area contributed by atoms with Crippen LogP contribution in [0.4, 0.5) is 4.79 Å². The number of hydrogen-bond donors (Lipinski definition) is 2. The second-order valence-corrected chi connectivity index (χ2v) is 5.70. The summed E-state index contributed by atoms with van der Waals surface area (Å²) in [5.74, 6) is 0.491. The molecule has 0 spiro atoms. The summed E-state index contributed by atoms with van der Waals surface area (Å²) in [6, 6.07) is 0. The van der Waals surface area contributed by atoms with Crippen molar-refractivity contribution in [1.29, 1.82) is 0 Å². The molecule has 0 bridgehead atoms. The van der Waals surface area contributed by atoms with Gasteiger partial charge in [0.25, 0.3) is 0 Å². The van der Waals surface area contributed by atoms with Gasteiger partial charge in [0.2, 0.25) is 0 Å². The van der Waals surface area contributed by atoms with Gasteiger partial charge in [-0.25, -0.2) is 4.79 Å². The summed E-state index contributed by atoms with van der Waals surface area (Å²) in [6.07, 6.45) is -0.334. The van der Waals surface area contributed by atoms with E-state index >= 15 is 0 Å². The maximum absolute atomic E-state index is 11.6. The predicted molar refractivity (Wildman–Crippen MR) is 59.8 cm³/mol. The molecule has 2 N–H and O–H groups in total. The third kappa shape index (κ3) is 3.70. The summed E-state index contributed by atoms with van der Waals surface area (Å²) in [5.41, 5.74) is -0.633. The van der Waals surface area contributed by atoms with Crippen LogP contribution in [0, 0.1) is 5.92 Å². The van der Waals surface area contributed by atoms with Crippen molar-refractivity contribution in [3.05, 3.63) is 0 Å². The Morgan fingerprint density at radius 2 is 1.80 bits per heavy atom. The van der Waals surface area contributed by atoms with Gasteiger partial charge in [0.15, 0.2) is 0 Å². The molecular formula is C11H22N2O2. The standard InChI is InChI=1S/C11H22N2O2/c1-10(2,3)15-9(14)13-11(4,5)8-6-12-7-8/h8,12H,6-7H2,1-5H3,(H,13,14). The average Bonchev–Trinajstić information content (AvgIpc) is 1.71. The Labute approximate surface area is 91.8 Å². The second-order valence-electron chi connectivity index (χ2n) is 5.70. The third-order valence-electron chi connectivity index (χ3n) is 2.63. The van der Waals surface area contributed by atoms with Gasteiger partial charge in [-0.3, -0.25) is 0 Å². The van der Waals surface area contributed by atoms with Gasteiger partial charge in [-0.1, -0.05) is 0 Å². The second kappa shape index (κ2) is 4.00. The van der Waals surface area contributed by atoms with E-state index in [-0.39, 0.29) is 11.6 Å². The summed E-state index contributed by atoms with van der Waals surface area (Å²) in [4.78, 5) is 11.6. The van der Waals surface area contributed by atoms with Gasteiger partial charge in [0, 0.05) is 24.5 Å². The molecule has 0 aromatic heterocycles. The zero-order chi connectivity index (χ0) is 11.7. The molecular weight excluding hydrogens is 192 g/mol. The molecule has 0 aliphatic carbocycles. The van der Waals surface area contributed by atoms with Crippen LogP contribution in [0.25, 0.3) is 0 Å². The van der Waals surface area contributed by atoms with Crippen molar-refractivity contribution in [3.63, 3.8) is 0 Å². The van der Waals surface area contributed by atoms with Crippen LogP contribution in [0.5, 0.6) is 0 Å². The van der Waals surface area contributed by atoms with Gasteiger partial charge < -0.3 is 15.4 Å². The highest BCUT2D eigenvalue weighted by atomic mass is 16.6. The van der Waals surface area contributed by atoms with E-state index in [2.05, 4.69) is 10.6 Å². The molecule has 15 heavy (non-hydrogen) atoms. The number of rotatable bonds is 2. The molecule has 88 valence electrons. The molecule has 4 nitrogen and oxygen atoms in total. The minimum atomic E-state index is -0.433. The van der Waals surface area contributed by atoms with Crippen molar-refractivity contribution >= 4 is 6.09 Å². The van der Waals surface area contributed by atoms with Crippen molar-refractivity contribution in [3.8, 4) is 0 Å². The third-order valence-corrected chi connectivity index (χ3v) is 2.63. The lowest BCUT2D eigenvalue weighted by molar-refractivity contribution is 0.0410. The van der Waals surface area contributed by atoms with E-state index in [4.69, 9.17) is 4.74 Å². The van der Waals surface area contributed by atoms with Crippen molar-refractivity contribution in [2.45, 2.75) is 45.8 Å². The van der Waals surface area contributed by atoms with Crippen molar-refractivity contribution < 1.29 is 9.53 Å². The first-order chi connectivity index (χ1) is 6.71. The van der Waals surface area contributed by atoms with Crippen LogP contribution in [-0.2, 0) is 4.74 Å². The van der Waals surface area contributed by atoms with Crippen LogP contribution >= 0.6 is 0 Å². The molecule has 1 amide bonds. The summed E-state index contributed by atoms with van der Waals surface area (Å²) < 4.78 is 5.22. The fraction of sp³-hybridized carbons (Fsp3) is 0.909. The zero-order valence-corrected chi connectivity index (χ0v) is 10.3. The van der Waals surface area contributed by atoms with Crippen LogP contribution in [0.3, 0.4) is 0 Å². The molecule has 1 rings (SSSR count). The summed E-state index contributed by atoms with van der Waals surface area (Å²) >= 11 is 0. The molecule has 0 aromatic rings. The molecule has 0 atom stereocenters. The number of carbonyl (C=O) groups excluding carboxylic acids is 1. The minimum Gasteiger partial charge on any atom is -0.444 e. The summed E-state index contributed by atoms with van der Waals surface area (Å²) in [6.45, 7) is 11.6. The molecule has 0 radical (unpaired) electrons. The molecule has 4 heteroatoms. The average molecular weight is 214 g/mol. The smallest absolute Gasteiger partial charge is 0.408 e. The van der Waals surface area contributed by atoms with Crippen LogP contribution in [0.1, 0.15) is 34.6 Å². The Kier molecular flexibility index (Phi) is 3.28. The number of hydrogen-bond acceptors (Lipinski definition) is 3. The molecule has 1 heterocycles. The number of nitrogens with one attached hydrogen (secondary N) is 2. The molecule has 0 unspecified atom stereocenters. The SMILES string of the molecule is CC(C)(C)OC(=O)NC(C)(C)C1CNC1. The maximum atomic E-state index is 11.6. The number of amides is 1. The molecule has 0 saturated carbocycles. The van der Waals surface area contributed by atoms with E-state index in [1.807, 2.05) is 34.6 Å². The monoisotopic (exact) mass is 214 g/mol. The van der Waals surface area contributed by atoms with E-state index < -0.39 is 5.60 Å². The molecule has 1 saturated heterocycles. The Morgan fingerprint density at radius 3 is 2.13 bits per heavy atom. The lowest BCUT2D eigenvalue weighted by Gasteiger charge is -2.41. The first kappa shape index (κ1) is 12.3. The highest BCUT2D eigenvalue weighted by molar-refractivity contribution is 5.68. The van der Waals surface area contributed by atoms with Crippen LogP contribution in [-0.4, -0.2) is 30.3 Å². The lowest BCUT2D eigenvalue weighted by atomic mass is 9.83. The van der Waals surface area contributed by atoms with E-state index in [0.29, 0.717) is 5.92 Å². The van der Waals surface area contributed by atoms with Gasteiger partial charge in [-0.05, 0) is 34.6 Å². The van der Waals surface area contributed by atoms with Crippen molar-refractivity contribution in [1.82, 2.24) is 10.6 Å². The van der Waals surface area contributed by atoms with Gasteiger partial charge in [-0.2, -0.15) is 0 Å². The fourth-order valence-electron chi connectivity index (χ4n) is 1.47. The first-order valence-corrected chi connectivity index (χ1v) is 5.42. The largest absolute Gasteiger partial charge is 0.444 e. The fourth-order valence-corrected chi connectivity index (χ4v) is 1.47. The van der Waals surface area contributed by atoms with E-state index in [1.54, 1.807) is 0 Å². The van der Waals surface area contributed by atoms with Crippen molar-refractivity contribution in [2.24, 2.45) is 5.92 Å². The van der Waals surface area contributed by atoms with Crippen LogP contribution in [0.2, 0.25) is 0 Å². The molecule has 1 aliphatic rings. The lowest BCUT2D eigenvalue weighted by Crippen LogP contribution is -2.61. The van der Waals surface area contributed by atoms with Crippen LogP contribution in [0.15, 0.2) is 0 Å². The van der Waals surface area contributed by atoms with Gasteiger partial charge in [0.05, 0.1) is 0 Å². The Hall–Kier alpha value is -0.770. The van der Waals surface area contributed by atoms with Gasteiger partial charge >= 0.3 is 6.09 Å². The Balaban J connectivity index is 2.42. The molecule has 1 fully saturated rings. The van der Waals surface area contributed by atoms with Crippen LogP contribution < -0.4 is 10.6 Å². The van der Waals surface area contributed by atoms with E-state index in [9.17, 15) is 4.79 Å². The predicted octanol–water partition coefficient (Wildman–Crippen LogP) is 1.51. The van der Waals surface area contributed by atoms with Gasteiger partial charge in [0.1, 0.15) is 5.60 Å². The summed E-state index contributed by atoms with van der Waals surface area (Å²) in [7, 11) is 0. The number of alkyl carbamates (subject to hydrolysis) is 1. The maximum Gasteiger partial charge on any atom is 0.408 e. The zero-order valence-electron chi connectivity index (χ0n) is 10.3.